The van der Waals surface area contributed by atoms with E-state index < -0.39 is 0 Å². The van der Waals surface area contributed by atoms with Gasteiger partial charge in [0.2, 0.25) is 0 Å². The highest BCUT2D eigenvalue weighted by atomic mass is 32.1. The van der Waals surface area contributed by atoms with Gasteiger partial charge in [-0.25, -0.2) is 4.98 Å². The number of nitrogens with zero attached hydrogens (tertiary/aromatic N) is 3. The highest BCUT2D eigenvalue weighted by Crippen LogP contribution is 2.39. The number of rotatable bonds is 4. The van der Waals surface area contributed by atoms with Crippen LogP contribution >= 0.6 is 11.3 Å². The molecule has 6 nitrogen and oxygen atoms in total. The Morgan fingerprint density at radius 1 is 1.62 bits per heavy atom. The second-order valence-electron chi connectivity index (χ2n) is 5.09. The Morgan fingerprint density at radius 2 is 2.43 bits per heavy atom. The van der Waals surface area contributed by atoms with Gasteiger partial charge in [0.05, 0.1) is 18.0 Å². The van der Waals surface area contributed by atoms with Crippen LogP contribution in [0.15, 0.2) is 6.07 Å². The summed E-state index contributed by atoms with van der Waals surface area (Å²) in [6.45, 7) is 4.19. The zero-order chi connectivity index (χ0) is 15.0. The smallest absolute Gasteiger partial charge is 0.315 e. The summed E-state index contributed by atoms with van der Waals surface area (Å²) in [7, 11) is 1.89. The number of carbonyl (C=O) groups excluding carboxylic acids is 1. The van der Waals surface area contributed by atoms with Gasteiger partial charge in [0.1, 0.15) is 11.7 Å². The number of thiazole rings is 1. The largest absolute Gasteiger partial charge is 0.465 e. The lowest BCUT2D eigenvalue weighted by molar-refractivity contribution is -0.145. The fourth-order valence-corrected chi connectivity index (χ4v) is 3.64. The van der Waals surface area contributed by atoms with Crippen molar-refractivity contribution in [3.05, 3.63) is 22.3 Å². The van der Waals surface area contributed by atoms with Gasteiger partial charge in [-0.3, -0.25) is 9.48 Å². The van der Waals surface area contributed by atoms with Crippen LogP contribution in [0.5, 0.6) is 0 Å². The molecular weight excluding hydrogens is 288 g/mol. The number of aromatic nitrogens is 3. The number of hydrogen-bond donors (Lipinski definition) is 1. The zero-order valence-corrected chi connectivity index (χ0v) is 13.2. The van der Waals surface area contributed by atoms with Crippen LogP contribution < -0.4 is 5.32 Å². The van der Waals surface area contributed by atoms with Crippen LogP contribution in [0.2, 0.25) is 0 Å². The summed E-state index contributed by atoms with van der Waals surface area (Å²) >= 11 is 1.60. The van der Waals surface area contributed by atoms with Crippen LogP contribution in [-0.2, 0) is 23.0 Å². The van der Waals surface area contributed by atoms with E-state index in [4.69, 9.17) is 4.74 Å². The van der Waals surface area contributed by atoms with Crippen molar-refractivity contribution >= 4 is 28.3 Å². The Labute approximate surface area is 127 Å². The monoisotopic (exact) mass is 306 g/mol. The Morgan fingerprint density at radius 3 is 3.10 bits per heavy atom. The van der Waals surface area contributed by atoms with Crippen molar-refractivity contribution in [2.24, 2.45) is 7.05 Å². The van der Waals surface area contributed by atoms with Gasteiger partial charge < -0.3 is 10.1 Å². The van der Waals surface area contributed by atoms with E-state index in [1.54, 1.807) is 16.0 Å². The second kappa shape index (κ2) is 5.48. The Bertz CT molecular complexity index is 677. The molecule has 1 N–H and O–H groups in total. The van der Waals surface area contributed by atoms with E-state index in [0.29, 0.717) is 6.61 Å². The maximum atomic E-state index is 11.9. The molecule has 2 aromatic rings. The summed E-state index contributed by atoms with van der Waals surface area (Å²) in [5.74, 6) is 0.525. The maximum Gasteiger partial charge on any atom is 0.315 e. The number of aryl methyl sites for hydroxylation is 3. The number of carbonyl (C=O) groups is 1. The SMILES string of the molecule is CCOC(=O)C1CCc2sc(Nc3cc(C)nn3C)nc21. The third kappa shape index (κ3) is 2.65. The fraction of sp³-hybridized carbons (Fsp3) is 0.500. The molecule has 1 aliphatic carbocycles. The van der Waals surface area contributed by atoms with E-state index in [1.165, 1.54) is 4.88 Å². The predicted octanol–water partition coefficient (Wildman–Crippen LogP) is 2.52. The van der Waals surface area contributed by atoms with Gasteiger partial charge in [0.15, 0.2) is 5.13 Å². The number of ether oxygens (including phenoxy) is 1. The molecular formula is C14H18N4O2S. The molecule has 0 aliphatic heterocycles. The van der Waals surface area contributed by atoms with Gasteiger partial charge in [0.25, 0.3) is 0 Å². The van der Waals surface area contributed by atoms with Crippen molar-refractivity contribution in [3.63, 3.8) is 0 Å². The summed E-state index contributed by atoms with van der Waals surface area (Å²) in [5.41, 5.74) is 1.83. The van der Waals surface area contributed by atoms with Crippen LogP contribution in [-0.4, -0.2) is 27.3 Å². The topological polar surface area (TPSA) is 69.0 Å². The molecule has 21 heavy (non-hydrogen) atoms. The summed E-state index contributed by atoms with van der Waals surface area (Å²) in [6.07, 6.45) is 1.70. The lowest BCUT2D eigenvalue weighted by atomic mass is 10.1. The van der Waals surface area contributed by atoms with E-state index >= 15 is 0 Å². The molecule has 3 rings (SSSR count). The minimum atomic E-state index is -0.208. The van der Waals surface area contributed by atoms with Crippen LogP contribution in [0.1, 0.15) is 35.5 Å². The minimum absolute atomic E-state index is 0.163. The van der Waals surface area contributed by atoms with Crippen LogP contribution in [0.4, 0.5) is 10.9 Å². The van der Waals surface area contributed by atoms with Crippen molar-refractivity contribution in [2.75, 3.05) is 11.9 Å². The maximum absolute atomic E-state index is 11.9. The lowest BCUT2D eigenvalue weighted by Gasteiger charge is -2.08. The highest BCUT2D eigenvalue weighted by Gasteiger charge is 2.33. The molecule has 0 fully saturated rings. The second-order valence-corrected chi connectivity index (χ2v) is 6.17. The van der Waals surface area contributed by atoms with Crippen molar-refractivity contribution < 1.29 is 9.53 Å². The van der Waals surface area contributed by atoms with E-state index in [-0.39, 0.29) is 11.9 Å². The van der Waals surface area contributed by atoms with E-state index in [1.807, 2.05) is 27.0 Å². The van der Waals surface area contributed by atoms with Gasteiger partial charge in [-0.05, 0) is 26.7 Å². The molecule has 0 saturated heterocycles. The first-order valence-electron chi connectivity index (χ1n) is 7.02. The number of anilines is 2. The summed E-state index contributed by atoms with van der Waals surface area (Å²) in [6, 6.07) is 1.97. The first-order chi connectivity index (χ1) is 10.1. The zero-order valence-electron chi connectivity index (χ0n) is 12.3. The molecule has 0 spiro atoms. The molecule has 2 heterocycles. The van der Waals surface area contributed by atoms with Crippen LogP contribution in [0, 0.1) is 6.92 Å². The van der Waals surface area contributed by atoms with Gasteiger partial charge in [-0.15, -0.1) is 11.3 Å². The molecule has 1 unspecified atom stereocenters. The third-order valence-electron chi connectivity index (χ3n) is 3.53. The van der Waals surface area contributed by atoms with Crippen molar-refractivity contribution in [1.82, 2.24) is 14.8 Å². The van der Waals surface area contributed by atoms with Crippen molar-refractivity contribution in [2.45, 2.75) is 32.6 Å². The molecule has 0 saturated carbocycles. The third-order valence-corrected chi connectivity index (χ3v) is 4.57. The standard InChI is InChI=1S/C14H18N4O2S/c1-4-20-13(19)9-5-6-10-12(9)16-14(21-10)15-11-7-8(2)17-18(11)3/h7,9H,4-6H2,1-3H3,(H,15,16). The molecule has 0 aromatic carbocycles. The average molecular weight is 306 g/mol. The van der Waals surface area contributed by atoms with Crippen molar-refractivity contribution in [3.8, 4) is 0 Å². The first-order valence-corrected chi connectivity index (χ1v) is 7.84. The molecule has 2 aromatic heterocycles. The molecule has 0 bridgehead atoms. The predicted molar refractivity (Wildman–Crippen MR) is 81.0 cm³/mol. The Hall–Kier alpha value is -1.89. The Balaban J connectivity index is 1.80. The van der Waals surface area contributed by atoms with Crippen LogP contribution in [0.25, 0.3) is 0 Å². The van der Waals surface area contributed by atoms with Gasteiger partial charge >= 0.3 is 5.97 Å². The number of fused-ring (bicyclic) bond motifs is 1. The van der Waals surface area contributed by atoms with E-state index in [0.717, 1.165) is 35.2 Å². The lowest BCUT2D eigenvalue weighted by Crippen LogP contribution is -2.14. The fourth-order valence-electron chi connectivity index (χ4n) is 2.59. The van der Waals surface area contributed by atoms with Crippen LogP contribution in [0.3, 0.4) is 0 Å². The average Bonchev–Trinajstić information content (AvgIpc) is 3.05. The molecule has 1 atom stereocenters. The van der Waals surface area contributed by atoms with E-state index in [2.05, 4.69) is 15.4 Å². The van der Waals surface area contributed by atoms with Crippen molar-refractivity contribution in [1.29, 1.82) is 0 Å². The molecule has 7 heteroatoms. The van der Waals surface area contributed by atoms with Gasteiger partial charge in [0, 0.05) is 18.0 Å². The summed E-state index contributed by atoms with van der Waals surface area (Å²) < 4.78 is 6.91. The highest BCUT2D eigenvalue weighted by molar-refractivity contribution is 7.15. The summed E-state index contributed by atoms with van der Waals surface area (Å²) in [4.78, 5) is 17.7. The molecule has 0 amide bonds. The quantitative estimate of drug-likeness (QED) is 0.879. The van der Waals surface area contributed by atoms with E-state index in [9.17, 15) is 4.79 Å². The van der Waals surface area contributed by atoms with Gasteiger partial charge in [-0.1, -0.05) is 0 Å². The minimum Gasteiger partial charge on any atom is -0.465 e. The van der Waals surface area contributed by atoms with Gasteiger partial charge in [-0.2, -0.15) is 5.10 Å². The number of nitrogens with one attached hydrogen (secondary N) is 1. The Kier molecular flexibility index (Phi) is 3.67. The summed E-state index contributed by atoms with van der Waals surface area (Å²) in [5, 5.41) is 8.37. The molecule has 112 valence electrons. The first kappa shape index (κ1) is 14.1. The number of hydrogen-bond acceptors (Lipinski definition) is 6. The normalized spacial score (nSPS) is 16.8. The molecule has 0 radical (unpaired) electrons. The molecule has 1 aliphatic rings. The number of esters is 1.